The van der Waals surface area contributed by atoms with Crippen LogP contribution in [0.3, 0.4) is 0 Å². The first-order valence-corrected chi connectivity index (χ1v) is 32.0. The number of esters is 1. The second kappa shape index (κ2) is 67.1. The number of ether oxygens (including phenoxy) is 1. The van der Waals surface area contributed by atoms with Crippen LogP contribution in [0.4, 0.5) is 0 Å². The van der Waals surface area contributed by atoms with Gasteiger partial charge in [-0.1, -0.05) is 339 Å². The van der Waals surface area contributed by atoms with Gasteiger partial charge in [0, 0.05) is 17.9 Å². The van der Waals surface area contributed by atoms with Gasteiger partial charge in [0.2, 0.25) is 0 Å². The van der Waals surface area contributed by atoms with Crippen LogP contribution in [0.15, 0.2) is 60.7 Å². The average Bonchev–Trinajstić information content (AvgIpc) is 3.42. The van der Waals surface area contributed by atoms with E-state index in [1.165, 1.54) is 250 Å². The number of unbranched alkanes of at least 4 members (excludes halogenated alkanes) is 42. The summed E-state index contributed by atoms with van der Waals surface area (Å²) >= 11 is 0. The third-order valence-corrected chi connectivity index (χ3v) is 14.2. The molecule has 0 aliphatic carbocycles. The Hall–Kier alpha value is -3.15. The molecule has 8 nitrogen and oxygen atoms in total. The fraction of sp³-hybridized carbons (Fsp3) is 0.765. The first-order valence-electron chi connectivity index (χ1n) is 32.0. The zero-order valence-corrected chi connectivity index (χ0v) is 51.4. The van der Waals surface area contributed by atoms with Crippen molar-refractivity contribution in [1.82, 2.24) is 0 Å². The van der Waals surface area contributed by atoms with Crippen molar-refractivity contribution in [3.8, 4) is 0 Å². The van der Waals surface area contributed by atoms with Crippen LogP contribution in [-0.2, 0) is 25.7 Å². The summed E-state index contributed by atoms with van der Waals surface area (Å²) in [5.74, 6) is -3.00. The quantitative estimate of drug-likeness (QED) is 0.0361. The van der Waals surface area contributed by atoms with E-state index in [1.54, 1.807) is 12.1 Å². The molecular formula is C68H117AlO8. The molecule has 0 aromatic heterocycles. The van der Waals surface area contributed by atoms with E-state index in [0.717, 1.165) is 44.1 Å². The Labute approximate surface area is 485 Å². The third kappa shape index (κ3) is 68.9. The predicted molar refractivity (Wildman–Crippen MR) is 321 cm³/mol. The van der Waals surface area contributed by atoms with Crippen LogP contribution < -0.4 is 15.3 Å². The van der Waals surface area contributed by atoms with E-state index >= 15 is 0 Å². The number of carboxylic acids is 3. The molecule has 0 atom stereocenters. The van der Waals surface area contributed by atoms with E-state index in [-0.39, 0.29) is 42.6 Å². The largest absolute Gasteiger partial charge is 3.00 e. The van der Waals surface area contributed by atoms with Crippen LogP contribution in [0.5, 0.6) is 0 Å². The molecule has 0 bridgehead atoms. The SMILES string of the molecule is CCCCCCCCCCCCCCCCCC(=O)[O-].CCCCCCCCCCCCCCCCCC(=O)[O-].CCCCCCCCCCCCCCCCCC(=O)[O-].O=C(OCc1ccccc1)c1ccccc1.[Al+3]. The maximum absolute atomic E-state index is 11.6. The van der Waals surface area contributed by atoms with Gasteiger partial charge in [0.15, 0.2) is 0 Å². The summed E-state index contributed by atoms with van der Waals surface area (Å²) in [5, 5.41) is 30.7. The van der Waals surface area contributed by atoms with Crippen LogP contribution in [0.1, 0.15) is 345 Å². The van der Waals surface area contributed by atoms with Crippen LogP contribution in [-0.4, -0.2) is 41.2 Å². The first kappa shape index (κ1) is 78.1. The zero-order chi connectivity index (χ0) is 55.9. The first-order chi connectivity index (χ1) is 37.2. The fourth-order valence-electron chi connectivity index (χ4n) is 9.30. The van der Waals surface area contributed by atoms with Gasteiger partial charge in [-0.3, -0.25) is 0 Å². The topological polar surface area (TPSA) is 147 Å². The Balaban J connectivity index is -0.000000946. The normalized spacial score (nSPS) is 10.5. The molecule has 2 aromatic rings. The van der Waals surface area contributed by atoms with Gasteiger partial charge >= 0.3 is 23.3 Å². The van der Waals surface area contributed by atoms with Crippen molar-refractivity contribution in [3.63, 3.8) is 0 Å². The Morgan fingerprint density at radius 3 is 0.701 bits per heavy atom. The van der Waals surface area contributed by atoms with Gasteiger partial charge in [-0.05, 0) is 56.2 Å². The fourth-order valence-corrected chi connectivity index (χ4v) is 9.30. The van der Waals surface area contributed by atoms with Gasteiger partial charge in [-0.15, -0.1) is 0 Å². The summed E-state index contributed by atoms with van der Waals surface area (Å²) < 4.78 is 5.18. The van der Waals surface area contributed by atoms with Crippen molar-refractivity contribution in [2.45, 2.75) is 336 Å². The monoisotopic (exact) mass is 1090 g/mol. The molecule has 0 radical (unpaired) electrons. The van der Waals surface area contributed by atoms with E-state index in [1.807, 2.05) is 48.5 Å². The smallest absolute Gasteiger partial charge is 0.550 e. The minimum atomic E-state index is -0.903. The number of carbonyl (C=O) groups is 4. The van der Waals surface area contributed by atoms with Crippen molar-refractivity contribution >= 4 is 41.2 Å². The molecule has 0 saturated heterocycles. The number of hydrogen-bond donors (Lipinski definition) is 0. The molecule has 0 heterocycles. The molecule has 2 aromatic carbocycles. The molecule has 440 valence electrons. The van der Waals surface area contributed by atoms with Crippen molar-refractivity contribution in [1.29, 1.82) is 0 Å². The Morgan fingerprint density at radius 1 is 0.299 bits per heavy atom. The second-order valence-corrected chi connectivity index (χ2v) is 21.6. The molecule has 0 aliphatic heterocycles. The van der Waals surface area contributed by atoms with Crippen LogP contribution in [0.25, 0.3) is 0 Å². The molecule has 0 spiro atoms. The summed E-state index contributed by atoms with van der Waals surface area (Å²) in [5.41, 5.74) is 1.57. The second-order valence-electron chi connectivity index (χ2n) is 21.6. The number of benzene rings is 2. The summed E-state index contributed by atoms with van der Waals surface area (Å²) in [6.07, 6.45) is 59.6. The summed E-state index contributed by atoms with van der Waals surface area (Å²) in [4.78, 5) is 42.3. The van der Waals surface area contributed by atoms with Crippen molar-refractivity contribution in [3.05, 3.63) is 71.8 Å². The number of rotatable bonds is 51. The summed E-state index contributed by atoms with van der Waals surface area (Å²) in [6, 6.07) is 18.6. The van der Waals surface area contributed by atoms with Gasteiger partial charge in [0.05, 0.1) is 5.56 Å². The van der Waals surface area contributed by atoms with Crippen LogP contribution >= 0.6 is 0 Å². The Kier molecular flexibility index (Phi) is 68.1. The molecule has 0 amide bonds. The van der Waals surface area contributed by atoms with Crippen molar-refractivity contribution in [2.24, 2.45) is 0 Å². The van der Waals surface area contributed by atoms with Gasteiger partial charge in [0.25, 0.3) is 0 Å². The maximum atomic E-state index is 11.6. The van der Waals surface area contributed by atoms with Crippen molar-refractivity contribution in [2.75, 3.05) is 0 Å². The molecular weight excluding hydrogens is 972 g/mol. The summed E-state index contributed by atoms with van der Waals surface area (Å²) in [6.45, 7) is 7.12. The van der Waals surface area contributed by atoms with Gasteiger partial charge in [-0.2, -0.15) is 0 Å². The molecule has 0 unspecified atom stereocenters. The Bertz CT molecular complexity index is 1380. The third-order valence-electron chi connectivity index (χ3n) is 14.2. The molecule has 0 aliphatic rings. The molecule has 77 heavy (non-hydrogen) atoms. The average molecular weight is 1090 g/mol. The van der Waals surface area contributed by atoms with E-state index in [4.69, 9.17) is 4.74 Å². The van der Waals surface area contributed by atoms with E-state index in [9.17, 15) is 34.5 Å². The summed E-state index contributed by atoms with van der Waals surface area (Å²) in [7, 11) is 0. The van der Waals surface area contributed by atoms with E-state index in [0.29, 0.717) is 12.2 Å². The number of hydrogen-bond acceptors (Lipinski definition) is 8. The van der Waals surface area contributed by atoms with Gasteiger partial charge in [0.1, 0.15) is 6.61 Å². The number of carbonyl (C=O) groups excluding carboxylic acids is 4. The molecule has 0 fully saturated rings. The minimum absolute atomic E-state index is 0. The van der Waals surface area contributed by atoms with Crippen molar-refractivity contribution < 1.29 is 39.2 Å². The number of aliphatic carboxylic acids is 3. The van der Waals surface area contributed by atoms with E-state index < -0.39 is 17.9 Å². The molecule has 0 N–H and O–H groups in total. The molecule has 2 rings (SSSR count). The minimum Gasteiger partial charge on any atom is -0.550 e. The van der Waals surface area contributed by atoms with Crippen LogP contribution in [0, 0.1) is 0 Å². The molecule has 0 saturated carbocycles. The van der Waals surface area contributed by atoms with Crippen LogP contribution in [0.2, 0.25) is 0 Å². The standard InChI is InChI=1S/3C18H36O2.C14H12O2.Al/c3*1-2-3-4-5-6-7-8-9-10-11-12-13-14-15-16-17-18(19)20;15-14(13-9-5-2-6-10-13)16-11-12-7-3-1-4-8-12;/h3*2-17H2,1H3,(H,19,20);1-10H,11H2;/q;;;;+3/p-3. The number of carboxylic acid groups (broad SMARTS) is 3. The van der Waals surface area contributed by atoms with Gasteiger partial charge < -0.3 is 34.4 Å². The zero-order valence-electron chi connectivity index (χ0n) is 50.3. The predicted octanol–water partition coefficient (Wildman–Crippen LogP) is 17.7. The maximum Gasteiger partial charge on any atom is 3.00 e. The van der Waals surface area contributed by atoms with E-state index in [2.05, 4.69) is 20.8 Å². The molecule has 9 heteroatoms. The Morgan fingerprint density at radius 2 is 0.494 bits per heavy atom. The van der Waals surface area contributed by atoms with Gasteiger partial charge in [-0.25, -0.2) is 4.79 Å².